The second-order valence-corrected chi connectivity index (χ2v) is 4.28. The first-order valence-electron chi connectivity index (χ1n) is 6.15. The first kappa shape index (κ1) is 15.2. The zero-order valence-corrected chi connectivity index (χ0v) is 11.2. The maximum absolute atomic E-state index is 14.0. The van der Waals surface area contributed by atoms with Gasteiger partial charge < -0.3 is 15.2 Å². The number of hydrogen-bond acceptors (Lipinski definition) is 3. The Morgan fingerprint density at radius 1 is 1.05 bits per heavy atom. The molecule has 0 aromatic heterocycles. The molecule has 0 aliphatic rings. The van der Waals surface area contributed by atoms with Crippen molar-refractivity contribution in [3.63, 3.8) is 0 Å². The smallest absolute Gasteiger partial charge is 0.387 e. The maximum atomic E-state index is 14.0. The third-order valence-corrected chi connectivity index (χ3v) is 3.01. The molecule has 1 unspecified atom stereocenters. The standard InChI is InChI=1S/C15H14F3NO2/c1-20-9-6-7-10(12(16)8-9)14(19)11-4-2-3-5-13(11)21-15(17)18/h2-8,14-15H,19H2,1H3. The average Bonchev–Trinajstić information content (AvgIpc) is 2.46. The van der Waals surface area contributed by atoms with Crippen molar-refractivity contribution in [2.24, 2.45) is 5.73 Å². The normalized spacial score (nSPS) is 12.3. The van der Waals surface area contributed by atoms with Gasteiger partial charge in [-0.15, -0.1) is 0 Å². The largest absolute Gasteiger partial charge is 0.497 e. The number of alkyl halides is 2. The minimum atomic E-state index is -2.97. The molecule has 3 nitrogen and oxygen atoms in total. The van der Waals surface area contributed by atoms with Gasteiger partial charge in [-0.25, -0.2) is 4.39 Å². The number of methoxy groups -OCH3 is 1. The average molecular weight is 297 g/mol. The first-order valence-corrected chi connectivity index (χ1v) is 6.15. The van der Waals surface area contributed by atoms with E-state index in [1.54, 1.807) is 12.1 Å². The van der Waals surface area contributed by atoms with Gasteiger partial charge in [-0.2, -0.15) is 8.78 Å². The van der Waals surface area contributed by atoms with Crippen LogP contribution in [0.4, 0.5) is 13.2 Å². The van der Waals surface area contributed by atoms with Crippen LogP contribution >= 0.6 is 0 Å². The summed E-state index contributed by atoms with van der Waals surface area (Å²) >= 11 is 0. The Bertz CT molecular complexity index is 620. The van der Waals surface area contributed by atoms with Gasteiger partial charge in [-0.05, 0) is 12.1 Å². The third kappa shape index (κ3) is 3.46. The third-order valence-electron chi connectivity index (χ3n) is 3.01. The fraction of sp³-hybridized carbons (Fsp3) is 0.200. The van der Waals surface area contributed by atoms with E-state index in [1.807, 2.05) is 0 Å². The summed E-state index contributed by atoms with van der Waals surface area (Å²) in [4.78, 5) is 0. The number of hydrogen-bond donors (Lipinski definition) is 1. The molecule has 2 rings (SSSR count). The molecular weight excluding hydrogens is 283 g/mol. The summed E-state index contributed by atoms with van der Waals surface area (Å²) in [6.07, 6.45) is 0. The van der Waals surface area contributed by atoms with E-state index in [1.165, 1.54) is 37.4 Å². The van der Waals surface area contributed by atoms with Crippen molar-refractivity contribution in [1.82, 2.24) is 0 Å². The minimum Gasteiger partial charge on any atom is -0.497 e. The van der Waals surface area contributed by atoms with Crippen LogP contribution in [0.3, 0.4) is 0 Å². The molecule has 0 saturated heterocycles. The predicted octanol–water partition coefficient (Wildman–Crippen LogP) is 3.48. The lowest BCUT2D eigenvalue weighted by molar-refractivity contribution is -0.0505. The van der Waals surface area contributed by atoms with Crippen LogP contribution in [-0.2, 0) is 0 Å². The number of halogens is 3. The molecule has 2 aromatic carbocycles. The van der Waals surface area contributed by atoms with E-state index < -0.39 is 18.5 Å². The van der Waals surface area contributed by atoms with Crippen molar-refractivity contribution in [2.75, 3.05) is 7.11 Å². The fourth-order valence-corrected chi connectivity index (χ4v) is 2.00. The van der Waals surface area contributed by atoms with Crippen LogP contribution in [0.1, 0.15) is 17.2 Å². The summed E-state index contributed by atoms with van der Waals surface area (Å²) in [5, 5.41) is 0. The lowest BCUT2D eigenvalue weighted by atomic mass is 9.98. The van der Waals surface area contributed by atoms with Crippen molar-refractivity contribution in [3.8, 4) is 11.5 Å². The Hall–Kier alpha value is -2.21. The second kappa shape index (κ2) is 6.49. The van der Waals surface area contributed by atoms with Crippen LogP contribution in [0.15, 0.2) is 42.5 Å². The molecule has 0 aliphatic carbocycles. The molecule has 0 saturated carbocycles. The maximum Gasteiger partial charge on any atom is 0.387 e. The van der Waals surface area contributed by atoms with Crippen LogP contribution < -0.4 is 15.2 Å². The molecule has 21 heavy (non-hydrogen) atoms. The summed E-state index contributed by atoms with van der Waals surface area (Å²) in [7, 11) is 1.42. The van der Waals surface area contributed by atoms with Crippen molar-refractivity contribution in [2.45, 2.75) is 12.7 Å². The Labute approximate surface area is 120 Å². The number of rotatable bonds is 5. The second-order valence-electron chi connectivity index (χ2n) is 4.28. The molecule has 0 fully saturated rings. The van der Waals surface area contributed by atoms with Crippen LogP contribution in [0.25, 0.3) is 0 Å². The van der Waals surface area contributed by atoms with Gasteiger partial charge in [0.25, 0.3) is 0 Å². The van der Waals surface area contributed by atoms with Gasteiger partial charge in [0, 0.05) is 17.2 Å². The fourth-order valence-electron chi connectivity index (χ4n) is 2.00. The summed E-state index contributed by atoms with van der Waals surface area (Å²) in [5.41, 5.74) is 6.43. The topological polar surface area (TPSA) is 44.5 Å². The van der Waals surface area contributed by atoms with E-state index in [4.69, 9.17) is 10.5 Å². The van der Waals surface area contributed by atoms with E-state index in [9.17, 15) is 13.2 Å². The molecule has 0 bridgehead atoms. The zero-order chi connectivity index (χ0) is 15.4. The molecule has 2 aromatic rings. The zero-order valence-electron chi connectivity index (χ0n) is 11.2. The van der Waals surface area contributed by atoms with E-state index in [-0.39, 0.29) is 16.9 Å². The van der Waals surface area contributed by atoms with Crippen molar-refractivity contribution in [3.05, 3.63) is 59.4 Å². The molecule has 2 N–H and O–H groups in total. The lowest BCUT2D eigenvalue weighted by Crippen LogP contribution is -2.16. The monoisotopic (exact) mass is 297 g/mol. The van der Waals surface area contributed by atoms with Crippen molar-refractivity contribution in [1.29, 1.82) is 0 Å². The molecule has 0 heterocycles. The quantitative estimate of drug-likeness (QED) is 0.919. The van der Waals surface area contributed by atoms with Gasteiger partial charge in [0.2, 0.25) is 0 Å². The van der Waals surface area contributed by atoms with E-state index in [0.29, 0.717) is 5.75 Å². The molecule has 0 radical (unpaired) electrons. The lowest BCUT2D eigenvalue weighted by Gasteiger charge is -2.18. The highest BCUT2D eigenvalue weighted by molar-refractivity contribution is 5.43. The predicted molar refractivity (Wildman–Crippen MR) is 72.1 cm³/mol. The highest BCUT2D eigenvalue weighted by Crippen LogP contribution is 2.31. The van der Waals surface area contributed by atoms with Gasteiger partial charge in [0.05, 0.1) is 13.2 Å². The Balaban J connectivity index is 2.38. The van der Waals surface area contributed by atoms with Crippen LogP contribution in [0.5, 0.6) is 11.5 Å². The minimum absolute atomic E-state index is 0.0739. The summed E-state index contributed by atoms with van der Waals surface area (Å²) in [5.74, 6) is -0.301. The summed E-state index contributed by atoms with van der Waals surface area (Å²) in [6.45, 7) is -2.97. The van der Waals surface area contributed by atoms with Crippen LogP contribution in [0, 0.1) is 5.82 Å². The van der Waals surface area contributed by atoms with E-state index in [2.05, 4.69) is 4.74 Å². The molecule has 6 heteroatoms. The Kier molecular flexibility index (Phi) is 4.70. The van der Waals surface area contributed by atoms with E-state index in [0.717, 1.165) is 0 Å². The SMILES string of the molecule is COc1ccc(C(N)c2ccccc2OC(F)F)c(F)c1. The Morgan fingerprint density at radius 2 is 1.76 bits per heavy atom. The van der Waals surface area contributed by atoms with Gasteiger partial charge in [0.15, 0.2) is 0 Å². The van der Waals surface area contributed by atoms with Gasteiger partial charge >= 0.3 is 6.61 Å². The number of nitrogens with two attached hydrogens (primary N) is 1. The molecule has 0 spiro atoms. The molecule has 112 valence electrons. The summed E-state index contributed by atoms with van der Waals surface area (Å²) < 4.78 is 48.1. The first-order chi connectivity index (χ1) is 10.0. The number of para-hydroxylation sites is 1. The van der Waals surface area contributed by atoms with Gasteiger partial charge in [-0.3, -0.25) is 0 Å². The van der Waals surface area contributed by atoms with Crippen LogP contribution in [-0.4, -0.2) is 13.7 Å². The highest BCUT2D eigenvalue weighted by Gasteiger charge is 2.19. The Morgan fingerprint density at radius 3 is 2.38 bits per heavy atom. The van der Waals surface area contributed by atoms with Crippen molar-refractivity contribution < 1.29 is 22.6 Å². The van der Waals surface area contributed by atoms with Crippen LogP contribution in [0.2, 0.25) is 0 Å². The number of ether oxygens (including phenoxy) is 2. The highest BCUT2D eigenvalue weighted by atomic mass is 19.3. The molecule has 0 amide bonds. The summed E-state index contributed by atoms with van der Waals surface area (Å²) in [6, 6.07) is 9.31. The molecule has 1 atom stereocenters. The van der Waals surface area contributed by atoms with Gasteiger partial charge in [-0.1, -0.05) is 24.3 Å². The number of benzene rings is 2. The molecule has 0 aliphatic heterocycles. The molecular formula is C15H14F3NO2. The van der Waals surface area contributed by atoms with Crippen molar-refractivity contribution >= 4 is 0 Å². The van der Waals surface area contributed by atoms with Gasteiger partial charge in [0.1, 0.15) is 17.3 Å². The van der Waals surface area contributed by atoms with E-state index >= 15 is 0 Å².